The maximum atomic E-state index is 15.2. The highest BCUT2D eigenvalue weighted by molar-refractivity contribution is 5.98. The molecule has 0 amide bonds. The van der Waals surface area contributed by atoms with Crippen LogP contribution in [0.5, 0.6) is 23.1 Å². The number of nitrogens with zero attached hydrogens (tertiary/aromatic N) is 3. The number of methoxy groups -OCH3 is 2. The van der Waals surface area contributed by atoms with Gasteiger partial charge in [-0.1, -0.05) is 6.07 Å². The molecule has 0 aliphatic carbocycles. The highest BCUT2D eigenvalue weighted by atomic mass is 19.1. The molecular formula is C31H24F3N3O5. The van der Waals surface area contributed by atoms with Gasteiger partial charge in [0.2, 0.25) is 0 Å². The van der Waals surface area contributed by atoms with Gasteiger partial charge in [-0.15, -0.1) is 0 Å². The van der Waals surface area contributed by atoms with Gasteiger partial charge < -0.3 is 14.2 Å². The highest BCUT2D eigenvalue weighted by Crippen LogP contribution is 2.34. The number of benzene rings is 2. The molecule has 0 unspecified atom stereocenters. The molecule has 0 N–H and O–H groups in total. The molecule has 0 saturated carbocycles. The molecule has 0 radical (unpaired) electrons. The van der Waals surface area contributed by atoms with Crippen LogP contribution in [0.3, 0.4) is 0 Å². The summed E-state index contributed by atoms with van der Waals surface area (Å²) in [4.78, 5) is 35.2. The average molecular weight is 576 g/mol. The normalized spacial score (nSPS) is 11.0. The van der Waals surface area contributed by atoms with Crippen LogP contribution in [0.15, 0.2) is 65.6 Å². The number of fused-ring (bicyclic) bond motifs is 1. The first-order valence-corrected chi connectivity index (χ1v) is 12.7. The maximum Gasteiger partial charge on any atom is 0.266 e. The molecular weight excluding hydrogens is 551 g/mol. The van der Waals surface area contributed by atoms with Gasteiger partial charge in [0, 0.05) is 36.0 Å². The Balaban J connectivity index is 1.45. The largest absolute Gasteiger partial charge is 0.491 e. The van der Waals surface area contributed by atoms with Crippen LogP contribution in [0.1, 0.15) is 27.2 Å². The number of hydrogen-bond acceptors (Lipinski definition) is 7. The lowest BCUT2D eigenvalue weighted by Crippen LogP contribution is -2.30. The summed E-state index contributed by atoms with van der Waals surface area (Å²) >= 11 is 0. The number of pyridine rings is 3. The van der Waals surface area contributed by atoms with Crippen LogP contribution in [0, 0.1) is 31.3 Å². The fourth-order valence-electron chi connectivity index (χ4n) is 4.65. The van der Waals surface area contributed by atoms with Crippen LogP contribution in [-0.2, 0) is 6.42 Å². The smallest absolute Gasteiger partial charge is 0.266 e. The minimum atomic E-state index is -0.777. The van der Waals surface area contributed by atoms with Gasteiger partial charge in [0.05, 0.1) is 31.0 Å². The molecule has 0 saturated heterocycles. The third kappa shape index (κ3) is 5.16. The van der Waals surface area contributed by atoms with E-state index in [4.69, 9.17) is 14.2 Å². The molecule has 214 valence electrons. The number of ketones is 1. The van der Waals surface area contributed by atoms with Gasteiger partial charge in [-0.2, -0.15) is 0 Å². The molecule has 3 aromatic heterocycles. The van der Waals surface area contributed by atoms with Crippen molar-refractivity contribution in [2.45, 2.75) is 20.3 Å². The topological polar surface area (TPSA) is 92.5 Å². The van der Waals surface area contributed by atoms with Crippen molar-refractivity contribution >= 4 is 16.8 Å². The van der Waals surface area contributed by atoms with Gasteiger partial charge in [0.15, 0.2) is 28.8 Å². The Hall–Kier alpha value is -5.19. The molecule has 11 heteroatoms. The SMILES string of the molecule is COc1cc2nccc(Oc3ccc(CC(=O)c4c(C)c(F)c(C)n(-c5ccc(F)cc5)c4=O)cc3F)c2nc1OC. The van der Waals surface area contributed by atoms with Gasteiger partial charge in [0.1, 0.15) is 17.2 Å². The summed E-state index contributed by atoms with van der Waals surface area (Å²) < 4.78 is 61.0. The van der Waals surface area contributed by atoms with E-state index in [1.54, 1.807) is 6.07 Å². The molecule has 0 spiro atoms. The molecule has 0 aliphatic rings. The van der Waals surface area contributed by atoms with Crippen molar-refractivity contribution in [2.24, 2.45) is 0 Å². The van der Waals surface area contributed by atoms with E-state index in [2.05, 4.69) is 9.97 Å². The summed E-state index contributed by atoms with van der Waals surface area (Å²) in [6.45, 7) is 2.73. The predicted molar refractivity (Wildman–Crippen MR) is 149 cm³/mol. The van der Waals surface area contributed by atoms with E-state index in [1.807, 2.05) is 0 Å². The number of ether oxygens (including phenoxy) is 3. The third-order valence-corrected chi connectivity index (χ3v) is 6.74. The van der Waals surface area contributed by atoms with E-state index in [9.17, 15) is 14.0 Å². The first-order chi connectivity index (χ1) is 20.1. The van der Waals surface area contributed by atoms with Crippen molar-refractivity contribution in [3.8, 4) is 28.8 Å². The zero-order valence-electron chi connectivity index (χ0n) is 23.0. The standard InChI is InChI=1S/C31H24F3N3O5/c1-16-27(31(39)37(17(2)28(16)34)20-8-6-19(32)7-9-20)23(38)14-18-5-10-24(21(33)13-18)42-25-11-12-35-22-15-26(40-3)30(41-4)36-29(22)25/h5-13,15H,14H2,1-4H3. The zero-order valence-corrected chi connectivity index (χ0v) is 23.0. The first-order valence-electron chi connectivity index (χ1n) is 12.7. The van der Waals surface area contributed by atoms with Crippen LogP contribution >= 0.6 is 0 Å². The molecule has 42 heavy (non-hydrogen) atoms. The van der Waals surface area contributed by atoms with Crippen molar-refractivity contribution in [1.82, 2.24) is 14.5 Å². The van der Waals surface area contributed by atoms with Gasteiger partial charge in [-0.05, 0) is 55.8 Å². The molecule has 0 fully saturated rings. The lowest BCUT2D eigenvalue weighted by atomic mass is 9.99. The predicted octanol–water partition coefficient (Wildman–Crippen LogP) is 6.05. The van der Waals surface area contributed by atoms with E-state index >= 15 is 8.78 Å². The zero-order chi connectivity index (χ0) is 30.1. The van der Waals surface area contributed by atoms with Crippen molar-refractivity contribution < 1.29 is 32.2 Å². The number of halogens is 3. The second-order valence-electron chi connectivity index (χ2n) is 9.36. The minimum absolute atomic E-state index is 0.0256. The van der Waals surface area contributed by atoms with E-state index < -0.39 is 28.8 Å². The van der Waals surface area contributed by atoms with Crippen LogP contribution in [0.2, 0.25) is 0 Å². The van der Waals surface area contributed by atoms with Gasteiger partial charge in [-0.25, -0.2) is 18.2 Å². The van der Waals surface area contributed by atoms with Crippen LogP contribution in [-0.4, -0.2) is 34.5 Å². The Labute approximate surface area is 238 Å². The third-order valence-electron chi connectivity index (χ3n) is 6.74. The summed E-state index contributed by atoms with van der Waals surface area (Å²) in [5, 5.41) is 0. The molecule has 5 rings (SSSR count). The van der Waals surface area contributed by atoms with Crippen LogP contribution in [0.4, 0.5) is 13.2 Å². The summed E-state index contributed by atoms with van der Waals surface area (Å²) in [5.41, 5.74) is -0.0965. The first kappa shape index (κ1) is 28.3. The van der Waals surface area contributed by atoms with Gasteiger partial charge in [0.25, 0.3) is 11.4 Å². The second-order valence-corrected chi connectivity index (χ2v) is 9.36. The van der Waals surface area contributed by atoms with E-state index in [1.165, 1.54) is 64.6 Å². The monoisotopic (exact) mass is 575 g/mol. The molecule has 3 heterocycles. The Bertz CT molecular complexity index is 1910. The summed E-state index contributed by atoms with van der Waals surface area (Å²) in [7, 11) is 2.89. The van der Waals surface area contributed by atoms with Crippen molar-refractivity contribution in [1.29, 1.82) is 0 Å². The highest BCUT2D eigenvalue weighted by Gasteiger charge is 2.24. The number of rotatable bonds is 8. The van der Waals surface area contributed by atoms with Gasteiger partial charge >= 0.3 is 0 Å². The summed E-state index contributed by atoms with van der Waals surface area (Å²) in [5.74, 6) is -2.14. The molecule has 8 nitrogen and oxygen atoms in total. The number of aromatic nitrogens is 3. The lowest BCUT2D eigenvalue weighted by Gasteiger charge is -2.16. The second kappa shape index (κ2) is 11.4. The quantitative estimate of drug-likeness (QED) is 0.208. The minimum Gasteiger partial charge on any atom is -0.491 e. The Morgan fingerprint density at radius 3 is 2.31 bits per heavy atom. The van der Waals surface area contributed by atoms with Crippen molar-refractivity contribution in [3.05, 3.63) is 111 Å². The molecule has 0 bridgehead atoms. The maximum absolute atomic E-state index is 15.2. The number of carbonyl (C=O) groups is 1. The molecule has 0 atom stereocenters. The van der Waals surface area contributed by atoms with E-state index in [0.717, 1.165) is 22.8 Å². The fraction of sp³-hybridized carbons (Fsp3) is 0.161. The Kier molecular flexibility index (Phi) is 7.66. The number of carbonyl (C=O) groups excluding carboxylic acids is 1. The number of Topliss-reactive ketones (excluding diaryl/α,β-unsaturated/α-hetero) is 1. The molecule has 0 aliphatic heterocycles. The van der Waals surface area contributed by atoms with Gasteiger partial charge in [-0.3, -0.25) is 19.1 Å². The van der Waals surface area contributed by atoms with E-state index in [0.29, 0.717) is 16.8 Å². The Morgan fingerprint density at radius 1 is 0.905 bits per heavy atom. The van der Waals surface area contributed by atoms with E-state index in [-0.39, 0.29) is 51.9 Å². The average Bonchev–Trinajstić information content (AvgIpc) is 2.98. The summed E-state index contributed by atoms with van der Waals surface area (Å²) in [6, 6.07) is 11.9. The summed E-state index contributed by atoms with van der Waals surface area (Å²) in [6.07, 6.45) is 1.09. The molecule has 2 aromatic carbocycles. The van der Waals surface area contributed by atoms with Crippen LogP contribution < -0.4 is 19.8 Å². The molecule has 5 aromatic rings. The number of hydrogen-bond donors (Lipinski definition) is 0. The van der Waals surface area contributed by atoms with Crippen molar-refractivity contribution in [2.75, 3.05) is 14.2 Å². The fourth-order valence-corrected chi connectivity index (χ4v) is 4.65. The van der Waals surface area contributed by atoms with Crippen molar-refractivity contribution in [3.63, 3.8) is 0 Å². The van der Waals surface area contributed by atoms with Crippen LogP contribution in [0.25, 0.3) is 16.7 Å². The lowest BCUT2D eigenvalue weighted by molar-refractivity contribution is 0.0990. The Morgan fingerprint density at radius 2 is 1.64 bits per heavy atom.